The Labute approximate surface area is 186 Å². The lowest BCUT2D eigenvalue weighted by Crippen LogP contribution is -2.52. The predicted molar refractivity (Wildman–Crippen MR) is 112 cm³/mol. The van der Waals surface area contributed by atoms with Crippen LogP contribution in [-0.2, 0) is 4.79 Å². The first-order valence-electron chi connectivity index (χ1n) is 10.00. The maximum absolute atomic E-state index is 13.6. The molecule has 0 spiro atoms. The van der Waals surface area contributed by atoms with Gasteiger partial charge in [-0.1, -0.05) is 23.8 Å². The van der Waals surface area contributed by atoms with E-state index >= 15 is 0 Å². The highest BCUT2D eigenvalue weighted by Gasteiger charge is 2.39. The second-order valence-corrected chi connectivity index (χ2v) is 7.92. The lowest BCUT2D eigenvalue weighted by atomic mass is 10.2. The third-order valence-electron chi connectivity index (χ3n) is 5.29. The van der Waals surface area contributed by atoms with Crippen LogP contribution in [0.15, 0.2) is 24.4 Å². The average Bonchev–Trinajstić information content (AvgIpc) is 3.29. The van der Waals surface area contributed by atoms with E-state index in [-0.39, 0.29) is 47.9 Å². The molecule has 2 aromatic rings. The number of nitrogens with one attached hydrogen (secondary N) is 1. The van der Waals surface area contributed by atoms with Gasteiger partial charge in [-0.2, -0.15) is 23.4 Å². The fourth-order valence-corrected chi connectivity index (χ4v) is 3.71. The molecular weight excluding hydrogens is 449 g/mol. The second kappa shape index (κ2) is 8.45. The topological polar surface area (TPSA) is 87.1 Å². The summed E-state index contributed by atoms with van der Waals surface area (Å²) < 4.78 is 41.4. The van der Waals surface area contributed by atoms with Crippen molar-refractivity contribution in [2.45, 2.75) is 25.9 Å². The van der Waals surface area contributed by atoms with Crippen LogP contribution in [0.3, 0.4) is 0 Å². The van der Waals surface area contributed by atoms with Gasteiger partial charge in [0, 0.05) is 19.2 Å². The molecule has 1 aliphatic heterocycles. The molecular formula is C20H20ClF3N6O2. The molecule has 12 heteroatoms. The number of aromatic nitrogens is 4. The van der Waals surface area contributed by atoms with E-state index in [0.29, 0.717) is 10.5 Å². The summed E-state index contributed by atoms with van der Waals surface area (Å²) in [4.78, 5) is 28.3. The monoisotopic (exact) mass is 468 g/mol. The average molecular weight is 469 g/mol. The van der Waals surface area contributed by atoms with Crippen molar-refractivity contribution >= 4 is 41.0 Å². The predicted octanol–water partition coefficient (Wildman–Crippen LogP) is 3.59. The molecule has 1 aliphatic carbocycles. The summed E-state index contributed by atoms with van der Waals surface area (Å²) >= 11 is 6.36. The summed E-state index contributed by atoms with van der Waals surface area (Å²) in [6.07, 6.45) is 2.82. The number of carbonyl (C=O) groups excluding carboxylic acids is 2. The van der Waals surface area contributed by atoms with Gasteiger partial charge in [0.25, 0.3) is 5.91 Å². The van der Waals surface area contributed by atoms with Crippen LogP contribution in [-0.4, -0.2) is 62.5 Å². The van der Waals surface area contributed by atoms with Crippen LogP contribution in [0.25, 0.3) is 11.8 Å². The molecule has 4 rings (SSSR count). The fraction of sp³-hybridized carbons (Fsp3) is 0.400. The van der Waals surface area contributed by atoms with Gasteiger partial charge in [0.1, 0.15) is 18.1 Å². The minimum Gasteiger partial charge on any atom is -0.326 e. The van der Waals surface area contributed by atoms with Crippen LogP contribution >= 0.6 is 11.6 Å². The van der Waals surface area contributed by atoms with E-state index < -0.39 is 17.8 Å². The first-order valence-corrected chi connectivity index (χ1v) is 10.4. The molecule has 32 heavy (non-hydrogen) atoms. The van der Waals surface area contributed by atoms with Crippen LogP contribution < -0.4 is 4.90 Å². The fourth-order valence-electron chi connectivity index (χ4n) is 3.45. The Morgan fingerprint density at radius 3 is 2.62 bits per heavy atom. The van der Waals surface area contributed by atoms with Gasteiger partial charge in [0.2, 0.25) is 5.91 Å². The Kier molecular flexibility index (Phi) is 5.85. The molecule has 2 aromatic heterocycles. The summed E-state index contributed by atoms with van der Waals surface area (Å²) in [7, 11) is 0. The molecule has 8 nitrogen and oxygen atoms in total. The van der Waals surface area contributed by atoms with E-state index in [1.54, 1.807) is 12.1 Å². The molecule has 0 unspecified atom stereocenters. The van der Waals surface area contributed by atoms with E-state index in [1.807, 2.05) is 0 Å². The standard InChI is InChI=1S/C20H20ClF3N6O2/c1-2-14(20(22,23)24)30-13(6-5-12-3-4-12)17(21)18(27-30)19(32)28-9-10-29(16(31)11-28)15-7-8-25-26-15/h2,5-8,12H,3-4,9-11H2,1H3,(H,25,26)/b6-5+,14-2-. The number of amides is 2. The minimum absolute atomic E-state index is 0.0187. The molecule has 170 valence electrons. The number of nitrogens with zero attached hydrogens (tertiary/aromatic N) is 5. The van der Waals surface area contributed by atoms with Crippen molar-refractivity contribution in [3.05, 3.63) is 40.8 Å². The molecule has 2 aliphatic rings. The number of hydrogen-bond donors (Lipinski definition) is 1. The number of halogens is 4. The SMILES string of the molecule is C/C=C(\n1nc(C(=O)N2CCN(c3ccn[nH]3)C(=O)C2)c(Cl)c1/C=C/C1CC1)C(F)(F)F. The Balaban J connectivity index is 1.64. The number of piperazine rings is 1. The molecule has 1 saturated carbocycles. The van der Waals surface area contributed by atoms with Gasteiger partial charge in [-0.05, 0) is 31.8 Å². The van der Waals surface area contributed by atoms with E-state index in [1.165, 1.54) is 29.0 Å². The van der Waals surface area contributed by atoms with E-state index in [0.717, 1.165) is 18.9 Å². The van der Waals surface area contributed by atoms with Crippen molar-refractivity contribution in [1.82, 2.24) is 24.9 Å². The molecule has 0 aromatic carbocycles. The normalized spacial score (nSPS) is 18.2. The smallest absolute Gasteiger partial charge is 0.326 e. The first-order chi connectivity index (χ1) is 15.2. The zero-order valence-corrected chi connectivity index (χ0v) is 17.8. The van der Waals surface area contributed by atoms with Crippen molar-refractivity contribution in [2.75, 3.05) is 24.5 Å². The Morgan fingerprint density at radius 2 is 2.06 bits per heavy atom. The zero-order chi connectivity index (χ0) is 23.0. The largest absolute Gasteiger partial charge is 0.433 e. The lowest BCUT2D eigenvalue weighted by Gasteiger charge is -2.33. The highest BCUT2D eigenvalue weighted by molar-refractivity contribution is 6.35. The van der Waals surface area contributed by atoms with E-state index in [2.05, 4.69) is 15.3 Å². The van der Waals surface area contributed by atoms with Crippen LogP contribution in [0, 0.1) is 5.92 Å². The van der Waals surface area contributed by atoms with E-state index in [4.69, 9.17) is 11.6 Å². The van der Waals surface area contributed by atoms with Crippen molar-refractivity contribution in [3.63, 3.8) is 0 Å². The van der Waals surface area contributed by atoms with Gasteiger partial charge in [0.05, 0.1) is 16.9 Å². The zero-order valence-electron chi connectivity index (χ0n) is 17.1. The molecule has 1 saturated heterocycles. The van der Waals surface area contributed by atoms with Crippen LogP contribution in [0.1, 0.15) is 35.9 Å². The van der Waals surface area contributed by atoms with Crippen molar-refractivity contribution in [1.29, 1.82) is 0 Å². The van der Waals surface area contributed by atoms with Gasteiger partial charge in [-0.25, -0.2) is 4.68 Å². The van der Waals surface area contributed by atoms with Gasteiger partial charge in [-0.3, -0.25) is 19.6 Å². The summed E-state index contributed by atoms with van der Waals surface area (Å²) in [6.45, 7) is 1.34. The summed E-state index contributed by atoms with van der Waals surface area (Å²) in [5.74, 6) is -0.283. The quantitative estimate of drug-likeness (QED) is 0.726. The minimum atomic E-state index is -4.70. The number of hydrogen-bond acceptors (Lipinski definition) is 4. The number of aromatic amines is 1. The number of alkyl halides is 3. The first kappa shape index (κ1) is 22.1. The molecule has 3 heterocycles. The third-order valence-corrected chi connectivity index (χ3v) is 5.66. The third kappa shape index (κ3) is 4.29. The molecule has 1 N–H and O–H groups in total. The number of anilines is 1. The molecule has 2 fully saturated rings. The molecule has 0 atom stereocenters. The Bertz CT molecular complexity index is 1090. The Hall–Kier alpha value is -3.08. The second-order valence-electron chi connectivity index (χ2n) is 7.54. The number of allylic oxidation sites excluding steroid dienone is 3. The van der Waals surface area contributed by atoms with Gasteiger partial charge in [-0.15, -0.1) is 0 Å². The molecule has 0 bridgehead atoms. The van der Waals surface area contributed by atoms with Gasteiger partial charge in [0.15, 0.2) is 5.69 Å². The lowest BCUT2D eigenvalue weighted by molar-refractivity contribution is -0.120. The maximum atomic E-state index is 13.6. The molecule has 0 radical (unpaired) electrons. The van der Waals surface area contributed by atoms with Crippen molar-refractivity contribution in [2.24, 2.45) is 5.92 Å². The van der Waals surface area contributed by atoms with Crippen molar-refractivity contribution in [3.8, 4) is 0 Å². The van der Waals surface area contributed by atoms with Crippen LogP contribution in [0.2, 0.25) is 5.02 Å². The van der Waals surface area contributed by atoms with Crippen molar-refractivity contribution < 1.29 is 22.8 Å². The van der Waals surface area contributed by atoms with Gasteiger partial charge >= 0.3 is 6.18 Å². The Morgan fingerprint density at radius 1 is 1.31 bits per heavy atom. The molecule has 2 amide bonds. The summed E-state index contributed by atoms with van der Waals surface area (Å²) in [6, 6.07) is 1.63. The van der Waals surface area contributed by atoms with Gasteiger partial charge < -0.3 is 4.90 Å². The number of rotatable bonds is 5. The number of H-pyrrole nitrogens is 1. The highest BCUT2D eigenvalue weighted by atomic mass is 35.5. The summed E-state index contributed by atoms with van der Waals surface area (Å²) in [5, 5.41) is 10.2. The van der Waals surface area contributed by atoms with Crippen LogP contribution in [0.4, 0.5) is 19.0 Å². The highest BCUT2D eigenvalue weighted by Crippen LogP contribution is 2.36. The number of carbonyl (C=O) groups is 2. The maximum Gasteiger partial charge on any atom is 0.433 e. The van der Waals surface area contributed by atoms with Crippen LogP contribution in [0.5, 0.6) is 0 Å². The van der Waals surface area contributed by atoms with E-state index in [9.17, 15) is 22.8 Å². The summed E-state index contributed by atoms with van der Waals surface area (Å²) in [5.41, 5.74) is -1.39.